The number of hydrogen-bond acceptors (Lipinski definition) is 5. The van der Waals surface area contributed by atoms with Crippen LogP contribution in [0.15, 0.2) is 67.0 Å². The molecule has 3 aromatic rings. The molecule has 0 radical (unpaired) electrons. The third-order valence-corrected chi connectivity index (χ3v) is 3.93. The van der Waals surface area contributed by atoms with Crippen LogP contribution in [0.5, 0.6) is 5.75 Å². The molecule has 29 heavy (non-hydrogen) atoms. The summed E-state index contributed by atoms with van der Waals surface area (Å²) in [7, 11) is 0. The van der Waals surface area contributed by atoms with Crippen molar-refractivity contribution in [1.82, 2.24) is 4.98 Å². The lowest BCUT2D eigenvalue weighted by Gasteiger charge is -2.13. The molecule has 0 unspecified atom stereocenters. The molecule has 3 rings (SSSR count). The topological polar surface area (TPSA) is 92.3 Å². The molecule has 0 bridgehead atoms. The fourth-order valence-corrected chi connectivity index (χ4v) is 2.68. The fourth-order valence-electron chi connectivity index (χ4n) is 2.68. The highest BCUT2D eigenvalue weighted by Gasteiger charge is 2.09. The van der Waals surface area contributed by atoms with Crippen LogP contribution in [0, 0.1) is 0 Å². The monoisotopic (exact) mass is 390 g/mol. The van der Waals surface area contributed by atoms with Crippen molar-refractivity contribution in [2.45, 2.75) is 13.8 Å². The lowest BCUT2D eigenvalue weighted by molar-refractivity contribution is -0.114. The fraction of sp³-hybridized carbons (Fsp3) is 0.136. The summed E-state index contributed by atoms with van der Waals surface area (Å²) in [6.45, 7) is 3.92. The van der Waals surface area contributed by atoms with E-state index in [0.29, 0.717) is 29.2 Å². The average molecular weight is 390 g/mol. The molecule has 0 aliphatic carbocycles. The Balaban J connectivity index is 1.70. The Bertz CT molecular complexity index is 1000. The lowest BCUT2D eigenvalue weighted by atomic mass is 10.2. The molecule has 7 heteroatoms. The third-order valence-electron chi connectivity index (χ3n) is 3.93. The molecular formula is C22H22N4O3. The van der Waals surface area contributed by atoms with Crippen LogP contribution in [-0.2, 0) is 4.79 Å². The molecule has 3 N–H and O–H groups in total. The van der Waals surface area contributed by atoms with Crippen LogP contribution >= 0.6 is 0 Å². The molecule has 1 heterocycles. The van der Waals surface area contributed by atoms with Gasteiger partial charge in [-0.05, 0) is 49.4 Å². The average Bonchev–Trinajstić information content (AvgIpc) is 2.71. The zero-order valence-electron chi connectivity index (χ0n) is 16.2. The molecule has 1 aromatic heterocycles. The highest BCUT2D eigenvalue weighted by Crippen LogP contribution is 2.27. The molecule has 0 fully saturated rings. The quantitative estimate of drug-likeness (QED) is 0.555. The van der Waals surface area contributed by atoms with E-state index in [2.05, 4.69) is 20.9 Å². The summed E-state index contributed by atoms with van der Waals surface area (Å²) in [5, 5.41) is 8.73. The Morgan fingerprint density at radius 3 is 2.31 bits per heavy atom. The first-order chi connectivity index (χ1) is 14.0. The van der Waals surface area contributed by atoms with Gasteiger partial charge in [-0.2, -0.15) is 0 Å². The second kappa shape index (κ2) is 9.36. The molecule has 2 amide bonds. The van der Waals surface area contributed by atoms with E-state index in [-0.39, 0.29) is 11.8 Å². The summed E-state index contributed by atoms with van der Waals surface area (Å²) >= 11 is 0. The number of rotatable bonds is 7. The maximum atomic E-state index is 12.6. The molecular weight excluding hydrogens is 368 g/mol. The van der Waals surface area contributed by atoms with E-state index in [1.807, 2.05) is 31.2 Å². The molecule has 2 aromatic carbocycles. The van der Waals surface area contributed by atoms with Crippen molar-refractivity contribution in [2.75, 3.05) is 22.6 Å². The summed E-state index contributed by atoms with van der Waals surface area (Å²) < 4.78 is 5.61. The first kappa shape index (κ1) is 19.9. The summed E-state index contributed by atoms with van der Waals surface area (Å²) in [6, 6.07) is 16.2. The van der Waals surface area contributed by atoms with Gasteiger partial charge >= 0.3 is 0 Å². The van der Waals surface area contributed by atoms with E-state index in [1.165, 1.54) is 13.1 Å². The standard InChI is InChI=1S/C22H22N4O3/c1-3-29-21-7-5-4-6-20(21)25-19-12-16(13-23-14-19)22(28)26-18-10-8-17(9-11-18)24-15(2)27/h4-14,25H,3H2,1-2H3,(H,24,27)(H,26,28). The second-order valence-electron chi connectivity index (χ2n) is 6.23. The summed E-state index contributed by atoms with van der Waals surface area (Å²) in [6.07, 6.45) is 3.14. The van der Waals surface area contributed by atoms with Crippen LogP contribution in [0.2, 0.25) is 0 Å². The predicted molar refractivity (Wildman–Crippen MR) is 114 cm³/mol. The van der Waals surface area contributed by atoms with Crippen LogP contribution in [0.1, 0.15) is 24.2 Å². The van der Waals surface area contributed by atoms with Crippen molar-refractivity contribution < 1.29 is 14.3 Å². The van der Waals surface area contributed by atoms with Crippen molar-refractivity contribution in [1.29, 1.82) is 0 Å². The first-order valence-electron chi connectivity index (χ1n) is 9.18. The third kappa shape index (κ3) is 5.55. The van der Waals surface area contributed by atoms with Gasteiger partial charge < -0.3 is 20.7 Å². The number of ether oxygens (including phenoxy) is 1. The molecule has 0 spiro atoms. The smallest absolute Gasteiger partial charge is 0.257 e. The number of anilines is 4. The van der Waals surface area contributed by atoms with E-state index >= 15 is 0 Å². The predicted octanol–water partition coefficient (Wildman–Crippen LogP) is 4.43. The van der Waals surface area contributed by atoms with E-state index in [9.17, 15) is 9.59 Å². The summed E-state index contributed by atoms with van der Waals surface area (Å²) in [4.78, 5) is 27.8. The van der Waals surface area contributed by atoms with Gasteiger partial charge in [-0.3, -0.25) is 14.6 Å². The Hall–Kier alpha value is -3.87. The van der Waals surface area contributed by atoms with Crippen LogP contribution in [0.4, 0.5) is 22.7 Å². The Labute approximate surface area is 169 Å². The lowest BCUT2D eigenvalue weighted by Crippen LogP contribution is -2.13. The second-order valence-corrected chi connectivity index (χ2v) is 6.23. The van der Waals surface area contributed by atoms with Crippen molar-refractivity contribution in [3.8, 4) is 5.75 Å². The number of benzene rings is 2. The molecule has 148 valence electrons. The van der Waals surface area contributed by atoms with Gasteiger partial charge in [-0.15, -0.1) is 0 Å². The molecule has 0 saturated heterocycles. The summed E-state index contributed by atoms with van der Waals surface area (Å²) in [5.41, 5.74) is 3.16. The van der Waals surface area contributed by atoms with E-state index < -0.39 is 0 Å². The number of aromatic nitrogens is 1. The minimum Gasteiger partial charge on any atom is -0.492 e. The number of pyridine rings is 1. The van der Waals surface area contributed by atoms with Crippen LogP contribution in [0.25, 0.3) is 0 Å². The van der Waals surface area contributed by atoms with Gasteiger partial charge in [0.05, 0.1) is 29.7 Å². The van der Waals surface area contributed by atoms with E-state index in [0.717, 1.165) is 11.4 Å². The largest absolute Gasteiger partial charge is 0.492 e. The van der Waals surface area contributed by atoms with Crippen LogP contribution in [0.3, 0.4) is 0 Å². The number of nitrogens with one attached hydrogen (secondary N) is 3. The number of carbonyl (C=O) groups is 2. The first-order valence-corrected chi connectivity index (χ1v) is 9.18. The molecule has 0 aliphatic rings. The highest BCUT2D eigenvalue weighted by atomic mass is 16.5. The Morgan fingerprint density at radius 2 is 1.62 bits per heavy atom. The maximum absolute atomic E-state index is 12.6. The number of carbonyl (C=O) groups excluding carboxylic acids is 2. The van der Waals surface area contributed by atoms with Gasteiger partial charge in [0, 0.05) is 24.5 Å². The highest BCUT2D eigenvalue weighted by molar-refractivity contribution is 6.04. The minimum atomic E-state index is -0.286. The Kier molecular flexibility index (Phi) is 6.42. The maximum Gasteiger partial charge on any atom is 0.257 e. The van der Waals surface area contributed by atoms with Crippen LogP contribution < -0.4 is 20.7 Å². The van der Waals surface area contributed by atoms with Crippen molar-refractivity contribution in [2.24, 2.45) is 0 Å². The van der Waals surface area contributed by atoms with Gasteiger partial charge in [0.1, 0.15) is 5.75 Å². The van der Waals surface area contributed by atoms with Gasteiger partial charge in [-0.1, -0.05) is 12.1 Å². The normalized spacial score (nSPS) is 10.1. The van der Waals surface area contributed by atoms with Crippen molar-refractivity contribution >= 4 is 34.6 Å². The van der Waals surface area contributed by atoms with Gasteiger partial charge in [0.2, 0.25) is 5.91 Å². The zero-order valence-corrected chi connectivity index (χ0v) is 16.2. The van der Waals surface area contributed by atoms with Gasteiger partial charge in [0.25, 0.3) is 5.91 Å². The van der Waals surface area contributed by atoms with E-state index in [1.54, 1.807) is 36.5 Å². The van der Waals surface area contributed by atoms with Crippen LogP contribution in [-0.4, -0.2) is 23.4 Å². The number of para-hydroxylation sites is 2. The summed E-state index contributed by atoms with van der Waals surface area (Å²) in [5.74, 6) is 0.290. The molecule has 0 saturated carbocycles. The molecule has 0 aliphatic heterocycles. The SMILES string of the molecule is CCOc1ccccc1Nc1cncc(C(=O)Nc2ccc(NC(C)=O)cc2)c1. The van der Waals surface area contributed by atoms with Gasteiger partial charge in [0.15, 0.2) is 0 Å². The molecule has 7 nitrogen and oxygen atoms in total. The number of hydrogen-bond donors (Lipinski definition) is 3. The van der Waals surface area contributed by atoms with Crippen molar-refractivity contribution in [3.05, 3.63) is 72.6 Å². The van der Waals surface area contributed by atoms with E-state index in [4.69, 9.17) is 4.74 Å². The molecule has 0 atom stereocenters. The van der Waals surface area contributed by atoms with Gasteiger partial charge in [-0.25, -0.2) is 0 Å². The number of amides is 2. The zero-order chi connectivity index (χ0) is 20.6. The number of nitrogens with zero attached hydrogens (tertiary/aromatic N) is 1. The minimum absolute atomic E-state index is 0.150. The Morgan fingerprint density at radius 1 is 0.931 bits per heavy atom. The van der Waals surface area contributed by atoms with Crippen molar-refractivity contribution in [3.63, 3.8) is 0 Å².